The van der Waals surface area contributed by atoms with Gasteiger partial charge in [-0.25, -0.2) is 36.1 Å². The summed E-state index contributed by atoms with van der Waals surface area (Å²) < 4.78 is 2.09. The molecule has 0 radical (unpaired) electrons. The van der Waals surface area contributed by atoms with E-state index in [1.54, 1.807) is 11.1 Å². The van der Waals surface area contributed by atoms with Crippen molar-refractivity contribution in [2.45, 2.75) is 45.4 Å². The number of hydrogen-bond acceptors (Lipinski definition) is 0. The van der Waals surface area contributed by atoms with Crippen LogP contribution >= 0.6 is 0 Å². The summed E-state index contributed by atoms with van der Waals surface area (Å²) in [5.41, 5.74) is 5.31. The zero-order chi connectivity index (χ0) is 25.1. The standard InChI is InChI=1S/2C9H11.2C7H7.C2H4.Zr/c2*1-2-5-9-7-3-6-8(9)4-1;2*1-7-5-3-2-4-6-7;1-2;/h2*1-2,4,6,9H,3,5,7H2;2*2-6H,1H2;1H,2H3;/q4*-1;;. The molecule has 0 heterocycles. The molecule has 2 atom stereocenters. The van der Waals surface area contributed by atoms with Gasteiger partial charge >= 0.3 is 34.9 Å². The topological polar surface area (TPSA) is 0 Å². The van der Waals surface area contributed by atoms with Crippen LogP contribution in [0, 0.1) is 38.5 Å². The number of benzene rings is 2. The monoisotopic (exact) mass is 538 g/mol. The number of rotatable bonds is 0. The molecule has 2 fully saturated rings. The first-order chi connectivity index (χ1) is 17.1. The summed E-state index contributed by atoms with van der Waals surface area (Å²) in [6.45, 7) is 9.48. The van der Waals surface area contributed by atoms with Gasteiger partial charge < -0.3 is 0 Å². The van der Waals surface area contributed by atoms with Crippen molar-refractivity contribution < 1.29 is 24.2 Å². The summed E-state index contributed by atoms with van der Waals surface area (Å²) in [4.78, 5) is 0. The minimum atomic E-state index is 0.884. The van der Waals surface area contributed by atoms with Gasteiger partial charge in [0, 0.05) is 0 Å². The van der Waals surface area contributed by atoms with Crippen LogP contribution in [0.5, 0.6) is 0 Å². The molecule has 184 valence electrons. The Bertz CT molecular complexity index is 869. The van der Waals surface area contributed by atoms with Crippen molar-refractivity contribution in [3.05, 3.63) is 146 Å². The van der Waals surface area contributed by atoms with Gasteiger partial charge in [-0.1, -0.05) is 25.0 Å². The van der Waals surface area contributed by atoms with Crippen LogP contribution in [0.4, 0.5) is 0 Å². The molecule has 2 aromatic carbocycles. The van der Waals surface area contributed by atoms with E-state index >= 15 is 0 Å². The van der Waals surface area contributed by atoms with Gasteiger partial charge in [0.2, 0.25) is 0 Å². The normalized spacial score (nSPS) is 19.8. The first kappa shape index (κ1) is 28.9. The summed E-state index contributed by atoms with van der Waals surface area (Å²) in [5, 5.41) is 0. The van der Waals surface area contributed by atoms with E-state index in [2.05, 4.69) is 66.9 Å². The molecular weight excluding hydrogens is 500 g/mol. The second-order valence-electron chi connectivity index (χ2n) is 8.88. The SMILES string of the molecule is C1=CCC2CC[CH-]C2=C1.C1=CCC2CC[CH-]C2=C1.C[CH]=[Zr].[CH2-]c1ccccc1.[CH2-]c1ccccc1. The van der Waals surface area contributed by atoms with E-state index < -0.39 is 0 Å². The van der Waals surface area contributed by atoms with Crippen LogP contribution in [0.2, 0.25) is 0 Å². The molecule has 0 amide bonds. The molecular formula is C34H40Zr-4. The van der Waals surface area contributed by atoms with Crippen molar-refractivity contribution in [1.82, 2.24) is 0 Å². The number of fused-ring (bicyclic) bond motifs is 2. The minimum absolute atomic E-state index is 0.884. The fourth-order valence-corrected chi connectivity index (χ4v) is 4.29. The van der Waals surface area contributed by atoms with Crippen LogP contribution in [-0.2, 0) is 24.2 Å². The molecule has 0 N–H and O–H groups in total. The molecule has 1 heteroatoms. The van der Waals surface area contributed by atoms with Gasteiger partial charge in [-0.05, 0) is 24.7 Å². The van der Waals surface area contributed by atoms with Gasteiger partial charge in [0.1, 0.15) is 0 Å². The summed E-state index contributed by atoms with van der Waals surface area (Å²) in [7, 11) is 0. The zero-order valence-corrected chi connectivity index (χ0v) is 23.7. The molecule has 4 aliphatic rings. The Morgan fingerprint density at radius 2 is 1.09 bits per heavy atom. The second kappa shape index (κ2) is 18.0. The molecule has 0 aliphatic heterocycles. The van der Waals surface area contributed by atoms with E-state index in [-0.39, 0.29) is 0 Å². The molecule has 0 spiro atoms. The van der Waals surface area contributed by atoms with Crippen molar-refractivity contribution in [1.29, 1.82) is 0 Å². The Labute approximate surface area is 230 Å². The minimum Gasteiger partial charge on any atom is -0.199 e. The largest absolute Gasteiger partial charge is 0.199 e. The van der Waals surface area contributed by atoms with E-state index in [4.69, 9.17) is 0 Å². The third-order valence-electron chi connectivity index (χ3n) is 6.11. The van der Waals surface area contributed by atoms with Gasteiger partial charge in [0.05, 0.1) is 0 Å². The van der Waals surface area contributed by atoms with Gasteiger partial charge in [-0.15, -0.1) is 61.4 Å². The van der Waals surface area contributed by atoms with Crippen LogP contribution in [-0.4, -0.2) is 3.71 Å². The first-order valence-electron chi connectivity index (χ1n) is 12.7. The van der Waals surface area contributed by atoms with Crippen LogP contribution in [0.3, 0.4) is 0 Å². The molecule has 6 rings (SSSR count). The summed E-state index contributed by atoms with van der Waals surface area (Å²) >= 11 is 1.51. The first-order valence-corrected chi connectivity index (χ1v) is 14.1. The third-order valence-corrected chi connectivity index (χ3v) is 6.11. The fourth-order valence-electron chi connectivity index (χ4n) is 4.29. The Morgan fingerprint density at radius 1 is 0.714 bits per heavy atom. The molecule has 0 nitrogen and oxygen atoms in total. The van der Waals surface area contributed by atoms with E-state index in [1.165, 1.54) is 62.8 Å². The molecule has 2 aromatic rings. The average molecular weight is 540 g/mol. The Kier molecular flexibility index (Phi) is 14.8. The molecule has 4 aliphatic carbocycles. The molecule has 2 saturated carbocycles. The molecule has 2 unspecified atom stereocenters. The van der Waals surface area contributed by atoms with Gasteiger partial charge in [-0.2, -0.15) is 49.2 Å². The molecule has 35 heavy (non-hydrogen) atoms. The zero-order valence-electron chi connectivity index (χ0n) is 21.3. The van der Waals surface area contributed by atoms with Crippen molar-refractivity contribution >= 4 is 3.71 Å². The predicted octanol–water partition coefficient (Wildman–Crippen LogP) is 9.07. The maximum Gasteiger partial charge on any atom is -0.0866 e. The van der Waals surface area contributed by atoms with Crippen LogP contribution < -0.4 is 0 Å². The summed E-state index contributed by atoms with van der Waals surface area (Å²) in [6.07, 6.45) is 26.1. The third kappa shape index (κ3) is 12.2. The van der Waals surface area contributed by atoms with Crippen molar-refractivity contribution in [3.63, 3.8) is 0 Å². The smallest absolute Gasteiger partial charge is 0.0866 e. The van der Waals surface area contributed by atoms with Crippen molar-refractivity contribution in [2.24, 2.45) is 11.8 Å². The maximum atomic E-state index is 3.72. The Balaban J connectivity index is 0.000000160. The second-order valence-corrected chi connectivity index (χ2v) is 10.3. The number of allylic oxidation sites excluding steroid dienone is 8. The van der Waals surface area contributed by atoms with E-state index in [0.717, 1.165) is 23.0 Å². The van der Waals surface area contributed by atoms with Crippen molar-refractivity contribution in [2.75, 3.05) is 0 Å². The van der Waals surface area contributed by atoms with Gasteiger partial charge in [0.25, 0.3) is 0 Å². The average Bonchev–Trinajstić information content (AvgIpc) is 3.56. The van der Waals surface area contributed by atoms with E-state index in [1.807, 2.05) is 67.6 Å². The van der Waals surface area contributed by atoms with Crippen LogP contribution in [0.1, 0.15) is 56.6 Å². The summed E-state index contributed by atoms with van der Waals surface area (Å²) in [6, 6.07) is 19.7. The summed E-state index contributed by atoms with van der Waals surface area (Å²) in [5.74, 6) is 1.77. The molecule has 0 bridgehead atoms. The van der Waals surface area contributed by atoms with Crippen LogP contribution in [0.25, 0.3) is 0 Å². The fraction of sp³-hybridized carbons (Fsp3) is 0.265. The molecule has 0 aromatic heterocycles. The van der Waals surface area contributed by atoms with Crippen molar-refractivity contribution in [3.8, 4) is 0 Å². The van der Waals surface area contributed by atoms with E-state index in [0.29, 0.717) is 0 Å². The number of hydrogen-bond donors (Lipinski definition) is 0. The Morgan fingerprint density at radius 3 is 1.37 bits per heavy atom. The Hall–Kier alpha value is -2.37. The molecule has 0 saturated heterocycles. The quantitative estimate of drug-likeness (QED) is 0.293. The van der Waals surface area contributed by atoms with Gasteiger partial charge in [-0.3, -0.25) is 0 Å². The van der Waals surface area contributed by atoms with E-state index in [9.17, 15) is 0 Å². The maximum absolute atomic E-state index is 3.72. The van der Waals surface area contributed by atoms with Crippen LogP contribution in [0.15, 0.2) is 108 Å². The predicted molar refractivity (Wildman–Crippen MR) is 151 cm³/mol. The van der Waals surface area contributed by atoms with Gasteiger partial charge in [0.15, 0.2) is 0 Å².